The highest BCUT2D eigenvalue weighted by atomic mass is 32.2. The van der Waals surface area contributed by atoms with Crippen molar-refractivity contribution in [2.75, 3.05) is 12.3 Å². The molecule has 0 amide bonds. The third-order valence-electron chi connectivity index (χ3n) is 1.85. The second kappa shape index (κ2) is 4.31. The number of hydrogen-bond donors (Lipinski definition) is 1. The first-order valence-electron chi connectivity index (χ1n) is 4.69. The molecule has 0 aliphatic carbocycles. The van der Waals surface area contributed by atoms with E-state index in [1.807, 2.05) is 11.6 Å². The Bertz CT molecular complexity index is 300. The Kier molecular flexibility index (Phi) is 3.55. The summed E-state index contributed by atoms with van der Waals surface area (Å²) in [7, 11) is 2.00. The molecule has 14 heavy (non-hydrogen) atoms. The van der Waals surface area contributed by atoms with Crippen LogP contribution >= 0.6 is 11.8 Å². The van der Waals surface area contributed by atoms with Crippen LogP contribution in [0, 0.1) is 0 Å². The molecule has 0 saturated heterocycles. The molecule has 1 heterocycles. The van der Waals surface area contributed by atoms with Crippen molar-refractivity contribution in [2.24, 2.45) is 12.8 Å². The molecule has 1 rings (SSSR count). The number of nitrogens with two attached hydrogens (primary N) is 1. The summed E-state index contributed by atoms with van der Waals surface area (Å²) in [5.41, 5.74) is 5.49. The summed E-state index contributed by atoms with van der Waals surface area (Å²) < 4.78 is 2.04. The summed E-state index contributed by atoms with van der Waals surface area (Å²) in [5.74, 6) is 1.90. The predicted octanol–water partition coefficient (Wildman–Crippen LogP) is 1.16. The lowest BCUT2D eigenvalue weighted by Gasteiger charge is -2.16. The number of rotatable bonds is 3. The van der Waals surface area contributed by atoms with Crippen LogP contribution in [0.2, 0.25) is 0 Å². The molecule has 1 aromatic rings. The molecule has 0 aliphatic rings. The van der Waals surface area contributed by atoms with Crippen LogP contribution in [0.25, 0.3) is 0 Å². The molecular weight excluding hydrogens is 196 g/mol. The Morgan fingerprint density at radius 1 is 1.36 bits per heavy atom. The maximum absolute atomic E-state index is 5.44. The highest BCUT2D eigenvalue weighted by molar-refractivity contribution is 7.99. The van der Waals surface area contributed by atoms with Gasteiger partial charge in [0.05, 0.1) is 0 Å². The van der Waals surface area contributed by atoms with Crippen LogP contribution in [0.4, 0.5) is 0 Å². The summed E-state index contributed by atoms with van der Waals surface area (Å²) in [5, 5.41) is 9.28. The topological polar surface area (TPSA) is 56.7 Å². The lowest BCUT2D eigenvalue weighted by Crippen LogP contribution is -2.17. The number of thioether (sulfide) groups is 1. The van der Waals surface area contributed by atoms with E-state index < -0.39 is 0 Å². The van der Waals surface area contributed by atoms with Crippen LogP contribution in [-0.2, 0) is 12.5 Å². The van der Waals surface area contributed by atoms with Crippen molar-refractivity contribution in [1.29, 1.82) is 0 Å². The Labute approximate surface area is 89.3 Å². The van der Waals surface area contributed by atoms with Crippen molar-refractivity contribution in [2.45, 2.75) is 31.3 Å². The monoisotopic (exact) mass is 214 g/mol. The van der Waals surface area contributed by atoms with Crippen LogP contribution < -0.4 is 5.73 Å². The Morgan fingerprint density at radius 3 is 2.43 bits per heavy atom. The summed E-state index contributed by atoms with van der Waals surface area (Å²) in [6.45, 7) is 7.07. The van der Waals surface area contributed by atoms with E-state index in [9.17, 15) is 0 Å². The van der Waals surface area contributed by atoms with Crippen LogP contribution in [0.15, 0.2) is 5.16 Å². The summed E-state index contributed by atoms with van der Waals surface area (Å²) in [6, 6.07) is 0. The average molecular weight is 214 g/mol. The van der Waals surface area contributed by atoms with E-state index in [0.717, 1.165) is 16.7 Å². The van der Waals surface area contributed by atoms with Crippen LogP contribution in [-0.4, -0.2) is 27.1 Å². The Morgan fingerprint density at radius 2 is 2.00 bits per heavy atom. The first kappa shape index (κ1) is 11.5. The zero-order valence-electron chi connectivity index (χ0n) is 9.24. The number of aromatic nitrogens is 3. The van der Waals surface area contributed by atoms with Gasteiger partial charge in [-0.2, -0.15) is 0 Å². The third-order valence-corrected chi connectivity index (χ3v) is 2.91. The maximum Gasteiger partial charge on any atom is 0.191 e. The Hall–Kier alpha value is -0.550. The second-order valence-electron chi connectivity index (χ2n) is 4.25. The van der Waals surface area contributed by atoms with Crippen molar-refractivity contribution in [1.82, 2.24) is 14.8 Å². The highest BCUT2D eigenvalue weighted by Gasteiger charge is 2.21. The van der Waals surface area contributed by atoms with Crippen molar-refractivity contribution in [3.05, 3.63) is 5.82 Å². The molecular formula is C9H18N4S. The zero-order valence-corrected chi connectivity index (χ0v) is 10.1. The van der Waals surface area contributed by atoms with Crippen LogP contribution in [0.3, 0.4) is 0 Å². The molecule has 0 radical (unpaired) electrons. The molecule has 5 heteroatoms. The van der Waals surface area contributed by atoms with Crippen molar-refractivity contribution in [3.8, 4) is 0 Å². The number of hydrogen-bond acceptors (Lipinski definition) is 4. The fourth-order valence-electron chi connectivity index (χ4n) is 1.24. The van der Waals surface area contributed by atoms with Gasteiger partial charge in [0.15, 0.2) is 5.16 Å². The summed E-state index contributed by atoms with van der Waals surface area (Å²) >= 11 is 1.65. The maximum atomic E-state index is 5.44. The standard InChI is InChI=1S/C9H18N4S/c1-9(2,3)7-11-12-8(13(7)4)14-6-5-10/h5-6,10H2,1-4H3. The molecule has 0 atom stereocenters. The van der Waals surface area contributed by atoms with Gasteiger partial charge in [0.2, 0.25) is 0 Å². The molecule has 0 spiro atoms. The van der Waals surface area contributed by atoms with Gasteiger partial charge in [-0.25, -0.2) is 0 Å². The van der Waals surface area contributed by atoms with Crippen molar-refractivity contribution < 1.29 is 0 Å². The minimum Gasteiger partial charge on any atom is -0.330 e. The van der Waals surface area contributed by atoms with Gasteiger partial charge in [-0.3, -0.25) is 0 Å². The first-order chi connectivity index (χ1) is 6.46. The van der Waals surface area contributed by atoms with Crippen molar-refractivity contribution >= 4 is 11.8 Å². The molecule has 0 aromatic carbocycles. The van der Waals surface area contributed by atoms with E-state index in [4.69, 9.17) is 5.73 Å². The molecule has 0 fully saturated rings. The quantitative estimate of drug-likeness (QED) is 0.767. The molecule has 0 bridgehead atoms. The van der Waals surface area contributed by atoms with E-state index in [1.54, 1.807) is 11.8 Å². The van der Waals surface area contributed by atoms with Gasteiger partial charge in [-0.05, 0) is 0 Å². The normalized spacial score (nSPS) is 12.1. The largest absolute Gasteiger partial charge is 0.330 e. The van der Waals surface area contributed by atoms with Gasteiger partial charge in [0, 0.05) is 24.8 Å². The molecule has 0 aliphatic heterocycles. The predicted molar refractivity (Wildman–Crippen MR) is 59.5 cm³/mol. The van der Waals surface area contributed by atoms with E-state index >= 15 is 0 Å². The molecule has 80 valence electrons. The van der Waals surface area contributed by atoms with Gasteiger partial charge in [0.25, 0.3) is 0 Å². The summed E-state index contributed by atoms with van der Waals surface area (Å²) in [6.07, 6.45) is 0. The van der Waals surface area contributed by atoms with Gasteiger partial charge in [-0.15, -0.1) is 10.2 Å². The zero-order chi connectivity index (χ0) is 10.8. The van der Waals surface area contributed by atoms with Crippen LogP contribution in [0.5, 0.6) is 0 Å². The summed E-state index contributed by atoms with van der Waals surface area (Å²) in [4.78, 5) is 0. The smallest absolute Gasteiger partial charge is 0.191 e. The fourth-order valence-corrected chi connectivity index (χ4v) is 1.92. The number of nitrogens with zero attached hydrogens (tertiary/aromatic N) is 3. The van der Waals surface area contributed by atoms with Crippen molar-refractivity contribution in [3.63, 3.8) is 0 Å². The lowest BCUT2D eigenvalue weighted by molar-refractivity contribution is 0.513. The SMILES string of the molecule is Cn1c(SCCN)nnc1C(C)(C)C. The third kappa shape index (κ3) is 2.48. The lowest BCUT2D eigenvalue weighted by atomic mass is 9.96. The van der Waals surface area contributed by atoms with E-state index in [2.05, 4.69) is 31.0 Å². The molecule has 1 aromatic heterocycles. The van der Waals surface area contributed by atoms with Gasteiger partial charge in [0.1, 0.15) is 5.82 Å². The molecule has 0 unspecified atom stereocenters. The van der Waals surface area contributed by atoms with Gasteiger partial charge < -0.3 is 10.3 Å². The van der Waals surface area contributed by atoms with E-state index in [0.29, 0.717) is 6.54 Å². The molecule has 4 nitrogen and oxygen atoms in total. The van der Waals surface area contributed by atoms with Gasteiger partial charge >= 0.3 is 0 Å². The average Bonchev–Trinajstić information content (AvgIpc) is 2.42. The Balaban J connectivity index is 2.86. The highest BCUT2D eigenvalue weighted by Crippen LogP contribution is 2.23. The van der Waals surface area contributed by atoms with E-state index in [-0.39, 0.29) is 5.41 Å². The van der Waals surface area contributed by atoms with Gasteiger partial charge in [-0.1, -0.05) is 32.5 Å². The first-order valence-corrected chi connectivity index (χ1v) is 5.68. The minimum absolute atomic E-state index is 0.0449. The second-order valence-corrected chi connectivity index (χ2v) is 5.31. The molecule has 0 saturated carbocycles. The fraction of sp³-hybridized carbons (Fsp3) is 0.778. The van der Waals surface area contributed by atoms with E-state index in [1.165, 1.54) is 0 Å². The minimum atomic E-state index is 0.0449. The molecule has 2 N–H and O–H groups in total. The van der Waals surface area contributed by atoms with Crippen LogP contribution in [0.1, 0.15) is 26.6 Å².